The molecule has 0 aliphatic rings. The summed E-state index contributed by atoms with van der Waals surface area (Å²) in [4.78, 5) is 28.0. The van der Waals surface area contributed by atoms with E-state index in [0.29, 0.717) is 10.4 Å². The third-order valence-electron chi connectivity index (χ3n) is 1.84. The number of carboxylic acids is 1. The Kier molecular flexibility index (Phi) is 2.61. The number of H-pyrrole nitrogens is 1. The predicted octanol–water partition coefficient (Wildman–Crippen LogP) is 1.49. The van der Waals surface area contributed by atoms with Gasteiger partial charge in [-0.1, -0.05) is 0 Å². The van der Waals surface area contributed by atoms with Crippen LogP contribution in [0.1, 0.15) is 10.4 Å². The topological polar surface area (TPSA) is 96.2 Å². The number of hydrogen-bond acceptors (Lipinski definition) is 4. The first-order chi connectivity index (χ1) is 7.58. The van der Waals surface area contributed by atoms with Crippen LogP contribution in [0.4, 0.5) is 0 Å². The SMILES string of the molecule is O=C(O)c1cnc(-c2ccc(Br)o2)[nH]c1=O. The summed E-state index contributed by atoms with van der Waals surface area (Å²) in [6.07, 6.45) is 0.993. The van der Waals surface area contributed by atoms with E-state index in [2.05, 4.69) is 25.9 Å². The molecular formula is C9H5BrN2O4. The van der Waals surface area contributed by atoms with Crippen LogP contribution in [0.25, 0.3) is 11.6 Å². The highest BCUT2D eigenvalue weighted by Crippen LogP contribution is 2.20. The number of rotatable bonds is 2. The summed E-state index contributed by atoms with van der Waals surface area (Å²) < 4.78 is 5.65. The first-order valence-electron chi connectivity index (χ1n) is 4.16. The third-order valence-corrected chi connectivity index (χ3v) is 2.26. The van der Waals surface area contributed by atoms with Crippen molar-refractivity contribution >= 4 is 21.9 Å². The molecule has 2 aromatic heterocycles. The molecule has 6 nitrogen and oxygen atoms in total. The first kappa shape index (κ1) is 10.6. The molecule has 7 heteroatoms. The smallest absolute Gasteiger partial charge is 0.342 e. The molecule has 0 bridgehead atoms. The number of carboxylic acid groups (broad SMARTS) is 1. The molecule has 0 amide bonds. The van der Waals surface area contributed by atoms with E-state index in [1.807, 2.05) is 0 Å². The molecule has 82 valence electrons. The summed E-state index contributed by atoms with van der Waals surface area (Å²) in [5, 5.41) is 8.64. The van der Waals surface area contributed by atoms with Crippen molar-refractivity contribution in [3.63, 3.8) is 0 Å². The molecule has 2 heterocycles. The van der Waals surface area contributed by atoms with Crippen LogP contribution in [0.2, 0.25) is 0 Å². The number of halogens is 1. The van der Waals surface area contributed by atoms with Gasteiger partial charge in [0.15, 0.2) is 16.3 Å². The second-order valence-electron chi connectivity index (χ2n) is 2.88. The van der Waals surface area contributed by atoms with Gasteiger partial charge in [0.25, 0.3) is 5.56 Å². The van der Waals surface area contributed by atoms with E-state index in [0.717, 1.165) is 6.20 Å². The Hall–Kier alpha value is -1.89. The maximum Gasteiger partial charge on any atom is 0.342 e. The van der Waals surface area contributed by atoms with Gasteiger partial charge in [0, 0.05) is 6.20 Å². The minimum Gasteiger partial charge on any atom is -0.477 e. The predicted molar refractivity (Wildman–Crippen MR) is 57.2 cm³/mol. The molecule has 2 N–H and O–H groups in total. The van der Waals surface area contributed by atoms with Gasteiger partial charge in [-0.05, 0) is 28.1 Å². The fourth-order valence-corrected chi connectivity index (χ4v) is 1.42. The summed E-state index contributed by atoms with van der Waals surface area (Å²) in [5.41, 5.74) is -1.13. The molecular weight excluding hydrogens is 280 g/mol. The van der Waals surface area contributed by atoms with Crippen molar-refractivity contribution < 1.29 is 14.3 Å². The Balaban J connectivity index is 2.50. The fraction of sp³-hybridized carbons (Fsp3) is 0. The lowest BCUT2D eigenvalue weighted by Gasteiger charge is -1.96. The van der Waals surface area contributed by atoms with Crippen LogP contribution in [0.15, 0.2) is 32.2 Å². The average molecular weight is 285 g/mol. The number of nitrogens with one attached hydrogen (secondary N) is 1. The van der Waals surface area contributed by atoms with Crippen molar-refractivity contribution in [1.29, 1.82) is 0 Å². The molecule has 0 fully saturated rings. The molecule has 0 spiro atoms. The normalized spacial score (nSPS) is 10.3. The van der Waals surface area contributed by atoms with E-state index < -0.39 is 17.1 Å². The van der Waals surface area contributed by atoms with Crippen molar-refractivity contribution in [3.8, 4) is 11.6 Å². The molecule has 0 atom stereocenters. The van der Waals surface area contributed by atoms with Gasteiger partial charge in [0.2, 0.25) is 0 Å². The highest BCUT2D eigenvalue weighted by atomic mass is 79.9. The van der Waals surface area contributed by atoms with E-state index in [1.165, 1.54) is 0 Å². The van der Waals surface area contributed by atoms with Crippen molar-refractivity contribution in [2.45, 2.75) is 0 Å². The highest BCUT2D eigenvalue weighted by molar-refractivity contribution is 9.10. The van der Waals surface area contributed by atoms with Gasteiger partial charge >= 0.3 is 5.97 Å². The van der Waals surface area contributed by atoms with Crippen molar-refractivity contribution in [2.75, 3.05) is 0 Å². The number of nitrogens with zero attached hydrogens (tertiary/aromatic N) is 1. The van der Waals surface area contributed by atoms with Gasteiger partial charge in [-0.25, -0.2) is 9.78 Å². The molecule has 2 aromatic rings. The van der Waals surface area contributed by atoms with Crippen LogP contribution in [0.5, 0.6) is 0 Å². The molecule has 0 aromatic carbocycles. The zero-order valence-corrected chi connectivity index (χ0v) is 9.32. The monoisotopic (exact) mass is 284 g/mol. The minimum atomic E-state index is -1.32. The lowest BCUT2D eigenvalue weighted by atomic mass is 10.3. The van der Waals surface area contributed by atoms with Crippen LogP contribution in [-0.4, -0.2) is 21.0 Å². The Morgan fingerprint density at radius 2 is 2.25 bits per heavy atom. The Morgan fingerprint density at radius 1 is 1.50 bits per heavy atom. The van der Waals surface area contributed by atoms with Gasteiger partial charge in [-0.3, -0.25) is 4.79 Å². The number of hydrogen-bond donors (Lipinski definition) is 2. The molecule has 0 saturated heterocycles. The molecule has 16 heavy (non-hydrogen) atoms. The van der Waals surface area contributed by atoms with Crippen molar-refractivity contribution in [1.82, 2.24) is 9.97 Å². The van der Waals surface area contributed by atoms with Crippen molar-refractivity contribution in [2.24, 2.45) is 0 Å². The average Bonchev–Trinajstić information content (AvgIpc) is 2.64. The summed E-state index contributed by atoms with van der Waals surface area (Å²) in [6, 6.07) is 3.24. The molecule has 2 rings (SSSR count). The molecule has 0 aliphatic carbocycles. The molecule has 0 radical (unpaired) electrons. The van der Waals surface area contributed by atoms with Crippen LogP contribution in [-0.2, 0) is 0 Å². The van der Waals surface area contributed by atoms with Crippen LogP contribution in [0.3, 0.4) is 0 Å². The zero-order chi connectivity index (χ0) is 11.7. The van der Waals surface area contributed by atoms with Crippen LogP contribution < -0.4 is 5.56 Å². The fourth-order valence-electron chi connectivity index (χ4n) is 1.11. The summed E-state index contributed by atoms with van der Waals surface area (Å²) in [6.45, 7) is 0. The second-order valence-corrected chi connectivity index (χ2v) is 3.67. The third kappa shape index (κ3) is 1.89. The number of carbonyl (C=O) groups is 1. The maximum absolute atomic E-state index is 11.3. The van der Waals surface area contributed by atoms with E-state index in [9.17, 15) is 9.59 Å². The summed E-state index contributed by atoms with van der Waals surface area (Å²) in [7, 11) is 0. The maximum atomic E-state index is 11.3. The molecule has 0 saturated carbocycles. The van der Waals surface area contributed by atoms with E-state index >= 15 is 0 Å². The second kappa shape index (κ2) is 3.93. The van der Waals surface area contributed by atoms with Crippen molar-refractivity contribution in [3.05, 3.63) is 38.9 Å². The first-order valence-corrected chi connectivity index (χ1v) is 4.95. The van der Waals surface area contributed by atoms with E-state index in [1.54, 1.807) is 12.1 Å². The minimum absolute atomic E-state index is 0.181. The lowest BCUT2D eigenvalue weighted by molar-refractivity contribution is 0.0694. The van der Waals surface area contributed by atoms with Gasteiger partial charge in [-0.15, -0.1) is 0 Å². The Labute approximate surface area is 97.1 Å². The highest BCUT2D eigenvalue weighted by Gasteiger charge is 2.12. The number of aromatic amines is 1. The van der Waals surface area contributed by atoms with Gasteiger partial charge < -0.3 is 14.5 Å². The van der Waals surface area contributed by atoms with E-state index in [4.69, 9.17) is 9.52 Å². The Morgan fingerprint density at radius 3 is 2.75 bits per heavy atom. The van der Waals surface area contributed by atoms with Crippen LogP contribution in [0, 0.1) is 0 Å². The van der Waals surface area contributed by atoms with Gasteiger partial charge in [0.05, 0.1) is 0 Å². The Bertz CT molecular complexity index is 602. The number of furan rings is 1. The standard InChI is InChI=1S/C9H5BrN2O4/c10-6-2-1-5(16-6)7-11-3-4(9(14)15)8(13)12-7/h1-3H,(H,14,15)(H,11,12,13). The van der Waals surface area contributed by atoms with E-state index in [-0.39, 0.29) is 5.82 Å². The summed E-state index contributed by atoms with van der Waals surface area (Å²) in [5.74, 6) is -0.789. The largest absolute Gasteiger partial charge is 0.477 e. The zero-order valence-electron chi connectivity index (χ0n) is 7.73. The molecule has 0 unspecified atom stereocenters. The number of aromatic carboxylic acids is 1. The lowest BCUT2D eigenvalue weighted by Crippen LogP contribution is -2.18. The summed E-state index contributed by atoms with van der Waals surface area (Å²) >= 11 is 3.11. The molecule has 0 aliphatic heterocycles. The van der Waals surface area contributed by atoms with Gasteiger partial charge in [0.1, 0.15) is 5.56 Å². The number of aromatic nitrogens is 2. The van der Waals surface area contributed by atoms with Crippen LogP contribution >= 0.6 is 15.9 Å². The van der Waals surface area contributed by atoms with Gasteiger partial charge in [-0.2, -0.15) is 0 Å². The quantitative estimate of drug-likeness (QED) is 0.871.